The monoisotopic (exact) mass is 136 g/mol. The molecule has 0 aromatic rings. The van der Waals surface area contributed by atoms with Crippen LogP contribution in [-0.4, -0.2) is 0 Å². The molecule has 0 nitrogen and oxygen atoms in total. The van der Waals surface area contributed by atoms with Gasteiger partial charge in [0.2, 0.25) is 0 Å². The molecular weight excluding hydrogens is 120 g/mol. The van der Waals surface area contributed by atoms with Crippen LogP contribution in [0.5, 0.6) is 0 Å². The van der Waals surface area contributed by atoms with Gasteiger partial charge in [-0.3, -0.25) is 0 Å². The summed E-state index contributed by atoms with van der Waals surface area (Å²) >= 11 is 0. The fourth-order valence-corrected chi connectivity index (χ4v) is 0.542. The lowest BCUT2D eigenvalue weighted by Crippen LogP contribution is -1.69. The van der Waals surface area contributed by atoms with Crippen molar-refractivity contribution in [2.75, 3.05) is 0 Å². The summed E-state index contributed by atoms with van der Waals surface area (Å²) < 4.78 is 0. The van der Waals surface area contributed by atoms with Crippen LogP contribution in [0, 0.1) is 0 Å². The molecule has 0 bridgehead atoms. The zero-order valence-corrected chi connectivity index (χ0v) is 7.15. The lowest BCUT2D eigenvalue weighted by Gasteiger charge is -1.89. The molecule has 0 atom stereocenters. The molecule has 0 aromatic carbocycles. The van der Waals surface area contributed by atoms with E-state index in [4.69, 9.17) is 0 Å². The van der Waals surface area contributed by atoms with Crippen LogP contribution in [0.15, 0.2) is 36.0 Å². The zero-order chi connectivity index (χ0) is 7.98. The third-order valence-corrected chi connectivity index (χ3v) is 1.30. The van der Waals surface area contributed by atoms with Gasteiger partial charge in [0.25, 0.3) is 0 Å². The maximum Gasteiger partial charge on any atom is -0.0141 e. The van der Waals surface area contributed by atoms with E-state index in [1.54, 1.807) is 0 Å². The molecule has 0 aliphatic rings. The quantitative estimate of drug-likeness (QED) is 0.411. The van der Waals surface area contributed by atoms with Crippen molar-refractivity contribution in [1.82, 2.24) is 0 Å². The van der Waals surface area contributed by atoms with Crippen LogP contribution >= 0.6 is 0 Å². The minimum atomic E-state index is 0.991. The van der Waals surface area contributed by atoms with Crippen molar-refractivity contribution in [2.45, 2.75) is 27.2 Å². The summed E-state index contributed by atoms with van der Waals surface area (Å²) in [6, 6.07) is 0. The third-order valence-electron chi connectivity index (χ3n) is 1.30. The van der Waals surface area contributed by atoms with E-state index in [1.165, 1.54) is 11.1 Å². The molecule has 0 saturated heterocycles. The second-order valence-corrected chi connectivity index (χ2v) is 2.60. The van der Waals surface area contributed by atoms with E-state index in [9.17, 15) is 0 Å². The van der Waals surface area contributed by atoms with Crippen molar-refractivity contribution in [3.05, 3.63) is 36.0 Å². The Morgan fingerprint density at radius 3 is 2.40 bits per heavy atom. The Balaban J connectivity index is 3.67. The second kappa shape index (κ2) is 5.04. The number of hydrogen-bond donors (Lipinski definition) is 0. The summed E-state index contributed by atoms with van der Waals surface area (Å²) in [5.74, 6) is 0. The smallest absolute Gasteiger partial charge is 0.0141 e. The van der Waals surface area contributed by atoms with Crippen LogP contribution in [0.1, 0.15) is 27.2 Å². The Hall–Kier alpha value is -0.780. The zero-order valence-electron chi connectivity index (χ0n) is 7.15. The predicted molar refractivity (Wildman–Crippen MR) is 48.0 cm³/mol. The molecule has 0 aromatic heterocycles. The van der Waals surface area contributed by atoms with Gasteiger partial charge in [-0.25, -0.2) is 0 Å². The first kappa shape index (κ1) is 9.22. The van der Waals surface area contributed by atoms with E-state index in [2.05, 4.69) is 31.7 Å². The van der Waals surface area contributed by atoms with E-state index in [0.717, 1.165) is 6.42 Å². The molecule has 0 unspecified atom stereocenters. The minimum absolute atomic E-state index is 0.991. The van der Waals surface area contributed by atoms with Gasteiger partial charge in [0.1, 0.15) is 0 Å². The van der Waals surface area contributed by atoms with E-state index >= 15 is 0 Å². The van der Waals surface area contributed by atoms with Crippen LogP contribution in [-0.2, 0) is 0 Å². The molecule has 0 radical (unpaired) electrons. The van der Waals surface area contributed by atoms with Gasteiger partial charge in [0.05, 0.1) is 0 Å². The Bertz CT molecular complexity index is 159. The highest BCUT2D eigenvalue weighted by atomic mass is 13.9. The summed E-state index contributed by atoms with van der Waals surface area (Å²) in [5, 5.41) is 0. The Morgan fingerprint density at radius 1 is 1.40 bits per heavy atom. The van der Waals surface area contributed by atoms with Crippen LogP contribution in [0.2, 0.25) is 0 Å². The maximum atomic E-state index is 3.81. The fourth-order valence-electron chi connectivity index (χ4n) is 0.542. The van der Waals surface area contributed by atoms with Crippen molar-refractivity contribution < 1.29 is 0 Å². The highest BCUT2D eigenvalue weighted by Crippen LogP contribution is 2.00. The summed E-state index contributed by atoms with van der Waals surface area (Å²) in [6.07, 6.45) is 7.34. The van der Waals surface area contributed by atoms with Gasteiger partial charge in [-0.05, 0) is 27.2 Å². The summed E-state index contributed by atoms with van der Waals surface area (Å²) in [6.45, 7) is 9.98. The normalized spacial score (nSPS) is 12.5. The molecular formula is C10H16. The number of rotatable bonds is 3. The van der Waals surface area contributed by atoms with E-state index in [0.29, 0.717) is 0 Å². The molecule has 0 heteroatoms. The van der Waals surface area contributed by atoms with E-state index in [1.807, 2.05) is 13.8 Å². The predicted octanol–water partition coefficient (Wildman–Crippen LogP) is 3.48. The molecule has 0 N–H and O–H groups in total. The molecule has 0 aliphatic carbocycles. The average Bonchev–Trinajstić information content (AvgIpc) is 1.87. The van der Waals surface area contributed by atoms with E-state index in [-0.39, 0.29) is 0 Å². The van der Waals surface area contributed by atoms with Gasteiger partial charge < -0.3 is 0 Å². The average molecular weight is 136 g/mol. The van der Waals surface area contributed by atoms with Crippen LogP contribution in [0.4, 0.5) is 0 Å². The minimum Gasteiger partial charge on any atom is -0.0998 e. The molecule has 0 heterocycles. The van der Waals surface area contributed by atoms with Crippen molar-refractivity contribution in [1.29, 1.82) is 0 Å². The first-order chi connectivity index (χ1) is 4.66. The fraction of sp³-hybridized carbons (Fsp3) is 0.400. The topological polar surface area (TPSA) is 0 Å². The Labute approximate surface area is 64.0 Å². The Kier molecular flexibility index (Phi) is 4.65. The van der Waals surface area contributed by atoms with Gasteiger partial charge in [-0.2, -0.15) is 0 Å². The van der Waals surface area contributed by atoms with Crippen LogP contribution in [0.25, 0.3) is 0 Å². The van der Waals surface area contributed by atoms with Gasteiger partial charge >= 0.3 is 0 Å². The highest BCUT2D eigenvalue weighted by Gasteiger charge is 1.79. The molecule has 0 fully saturated rings. The molecule has 0 amide bonds. The number of allylic oxidation sites excluding steroid dienone is 5. The third kappa shape index (κ3) is 5.36. The molecule has 0 rings (SSSR count). The lowest BCUT2D eigenvalue weighted by molar-refractivity contribution is 1.22. The molecule has 0 aliphatic heterocycles. The van der Waals surface area contributed by atoms with E-state index < -0.39 is 0 Å². The van der Waals surface area contributed by atoms with Crippen molar-refractivity contribution in [2.24, 2.45) is 0 Å². The maximum absolute atomic E-state index is 3.81. The molecule has 0 saturated carbocycles. The van der Waals surface area contributed by atoms with Crippen LogP contribution < -0.4 is 0 Å². The summed E-state index contributed by atoms with van der Waals surface area (Å²) in [4.78, 5) is 0. The Morgan fingerprint density at radius 2 is 2.00 bits per heavy atom. The standard InChI is InChI=1S/C10H16/c1-5-10(4)8-6-7-9(2)3/h5-6,8H,2,7H2,1,3-4H3/b8-6+,10-5?. The largest absolute Gasteiger partial charge is 0.0998 e. The SMILES string of the molecule is C=C(C)C/C=C/C(C)=CC. The highest BCUT2D eigenvalue weighted by molar-refractivity contribution is 5.16. The lowest BCUT2D eigenvalue weighted by atomic mass is 10.2. The van der Waals surface area contributed by atoms with Gasteiger partial charge in [-0.15, -0.1) is 0 Å². The molecule has 56 valence electrons. The van der Waals surface area contributed by atoms with Crippen molar-refractivity contribution in [3.8, 4) is 0 Å². The second-order valence-electron chi connectivity index (χ2n) is 2.60. The van der Waals surface area contributed by atoms with Crippen molar-refractivity contribution in [3.63, 3.8) is 0 Å². The first-order valence-electron chi connectivity index (χ1n) is 3.60. The molecule has 10 heavy (non-hydrogen) atoms. The van der Waals surface area contributed by atoms with Crippen molar-refractivity contribution >= 4 is 0 Å². The first-order valence-corrected chi connectivity index (χ1v) is 3.60. The molecule has 0 spiro atoms. The van der Waals surface area contributed by atoms with Crippen LogP contribution in [0.3, 0.4) is 0 Å². The van der Waals surface area contributed by atoms with Gasteiger partial charge in [0.15, 0.2) is 0 Å². The summed E-state index contributed by atoms with van der Waals surface area (Å²) in [7, 11) is 0. The number of hydrogen-bond acceptors (Lipinski definition) is 0. The van der Waals surface area contributed by atoms with Gasteiger partial charge in [0, 0.05) is 0 Å². The summed E-state index contributed by atoms with van der Waals surface area (Å²) in [5.41, 5.74) is 2.52. The van der Waals surface area contributed by atoms with Gasteiger partial charge in [-0.1, -0.05) is 36.0 Å².